The lowest BCUT2D eigenvalue weighted by Gasteiger charge is -2.10. The lowest BCUT2D eigenvalue weighted by Crippen LogP contribution is -2.14. The quantitative estimate of drug-likeness (QED) is 0.714. The zero-order chi connectivity index (χ0) is 14.9. The van der Waals surface area contributed by atoms with Crippen molar-refractivity contribution in [3.63, 3.8) is 0 Å². The van der Waals surface area contributed by atoms with Crippen molar-refractivity contribution in [2.45, 2.75) is 4.90 Å². The molecule has 1 amide bonds. The standard InChI is InChI=1S/C13H7BrClF2NOS/c14-9-2-1-7(20)5-8(9)13(19)18-12-10(15)3-6(16)4-11(12)17/h1-5,20H,(H,18,19). The van der Waals surface area contributed by atoms with Gasteiger partial charge in [-0.05, 0) is 40.2 Å². The SMILES string of the molecule is O=C(Nc1c(F)cc(F)cc1Cl)c1cc(S)ccc1Br. The second-order valence-electron chi connectivity index (χ2n) is 3.86. The Balaban J connectivity index is 2.35. The molecule has 2 aromatic carbocycles. The Bertz CT molecular complexity index is 673. The molecule has 0 spiro atoms. The fourth-order valence-electron chi connectivity index (χ4n) is 1.53. The van der Waals surface area contributed by atoms with Crippen LogP contribution in [0.3, 0.4) is 0 Å². The number of anilines is 1. The zero-order valence-corrected chi connectivity index (χ0v) is 13.0. The molecule has 7 heteroatoms. The van der Waals surface area contributed by atoms with Crippen LogP contribution in [0.1, 0.15) is 10.4 Å². The maximum atomic E-state index is 13.6. The van der Waals surface area contributed by atoms with E-state index in [1.54, 1.807) is 12.1 Å². The van der Waals surface area contributed by atoms with Gasteiger partial charge in [-0.1, -0.05) is 11.6 Å². The summed E-state index contributed by atoms with van der Waals surface area (Å²) in [6.07, 6.45) is 0. The highest BCUT2D eigenvalue weighted by atomic mass is 79.9. The van der Waals surface area contributed by atoms with Crippen molar-refractivity contribution in [2.75, 3.05) is 5.32 Å². The van der Waals surface area contributed by atoms with Crippen molar-refractivity contribution >= 4 is 51.8 Å². The van der Waals surface area contributed by atoms with E-state index in [1.165, 1.54) is 6.07 Å². The maximum absolute atomic E-state index is 13.6. The first kappa shape index (κ1) is 15.3. The van der Waals surface area contributed by atoms with Gasteiger partial charge in [0.1, 0.15) is 5.82 Å². The van der Waals surface area contributed by atoms with Crippen LogP contribution in [-0.4, -0.2) is 5.91 Å². The highest BCUT2D eigenvalue weighted by Crippen LogP contribution is 2.28. The predicted molar refractivity (Wildman–Crippen MR) is 80.7 cm³/mol. The average Bonchev–Trinajstić information content (AvgIpc) is 2.36. The Labute approximate surface area is 132 Å². The van der Waals surface area contributed by atoms with Crippen LogP contribution in [0.4, 0.5) is 14.5 Å². The van der Waals surface area contributed by atoms with E-state index >= 15 is 0 Å². The molecule has 1 N–H and O–H groups in total. The van der Waals surface area contributed by atoms with Crippen LogP contribution in [0.5, 0.6) is 0 Å². The van der Waals surface area contributed by atoms with E-state index in [4.69, 9.17) is 11.6 Å². The minimum absolute atomic E-state index is 0.214. The van der Waals surface area contributed by atoms with Gasteiger partial charge >= 0.3 is 0 Å². The van der Waals surface area contributed by atoms with E-state index in [1.807, 2.05) is 0 Å². The molecule has 2 nitrogen and oxygen atoms in total. The first-order valence-corrected chi connectivity index (χ1v) is 6.94. The van der Waals surface area contributed by atoms with E-state index in [0.29, 0.717) is 15.4 Å². The zero-order valence-electron chi connectivity index (χ0n) is 9.75. The molecule has 0 radical (unpaired) electrons. The van der Waals surface area contributed by atoms with E-state index < -0.39 is 17.5 Å². The summed E-state index contributed by atoms with van der Waals surface area (Å²) in [5, 5.41) is 2.10. The minimum Gasteiger partial charge on any atom is -0.318 e. The molecule has 0 fully saturated rings. The average molecular weight is 379 g/mol. The molecule has 0 aliphatic rings. The number of benzene rings is 2. The summed E-state index contributed by atoms with van der Waals surface area (Å²) in [6.45, 7) is 0. The highest BCUT2D eigenvalue weighted by molar-refractivity contribution is 9.10. The van der Waals surface area contributed by atoms with Crippen molar-refractivity contribution in [2.24, 2.45) is 0 Å². The van der Waals surface area contributed by atoms with Gasteiger partial charge in [0.15, 0.2) is 5.82 Å². The summed E-state index contributed by atoms with van der Waals surface area (Å²) < 4.78 is 27.1. The van der Waals surface area contributed by atoms with Gasteiger partial charge in [-0.2, -0.15) is 0 Å². The van der Waals surface area contributed by atoms with Crippen LogP contribution in [-0.2, 0) is 0 Å². The first-order valence-electron chi connectivity index (χ1n) is 5.33. The molecule has 2 aromatic rings. The van der Waals surface area contributed by atoms with E-state index in [9.17, 15) is 13.6 Å². The molecule has 0 aliphatic heterocycles. The molecule has 0 heterocycles. The number of hydrogen-bond donors (Lipinski definition) is 2. The number of halogens is 4. The summed E-state index contributed by atoms with van der Waals surface area (Å²) in [4.78, 5) is 12.7. The minimum atomic E-state index is -0.943. The number of amides is 1. The van der Waals surface area contributed by atoms with E-state index in [2.05, 4.69) is 33.9 Å². The molecule has 2 rings (SSSR count). The van der Waals surface area contributed by atoms with Gasteiger partial charge in [0.2, 0.25) is 0 Å². The molecule has 0 bridgehead atoms. The molecule has 104 valence electrons. The van der Waals surface area contributed by atoms with Gasteiger partial charge in [-0.3, -0.25) is 4.79 Å². The second kappa shape index (κ2) is 6.11. The second-order valence-corrected chi connectivity index (χ2v) is 5.64. The van der Waals surface area contributed by atoms with Gasteiger partial charge in [0, 0.05) is 15.4 Å². The number of thiol groups is 1. The smallest absolute Gasteiger partial charge is 0.256 e. The van der Waals surface area contributed by atoms with Crippen LogP contribution in [0.15, 0.2) is 39.7 Å². The molecule has 0 saturated heterocycles. The molecule has 0 atom stereocenters. The molecule has 20 heavy (non-hydrogen) atoms. The molecule has 0 aromatic heterocycles. The summed E-state index contributed by atoms with van der Waals surface area (Å²) in [5.41, 5.74) is -0.00757. The van der Waals surface area contributed by atoms with Gasteiger partial charge < -0.3 is 5.32 Å². The summed E-state index contributed by atoms with van der Waals surface area (Å²) in [6, 6.07) is 6.41. The largest absolute Gasteiger partial charge is 0.318 e. The third kappa shape index (κ3) is 3.31. The van der Waals surface area contributed by atoms with Crippen LogP contribution in [0.2, 0.25) is 5.02 Å². The van der Waals surface area contributed by atoms with E-state index in [0.717, 1.165) is 6.07 Å². The topological polar surface area (TPSA) is 29.1 Å². The van der Waals surface area contributed by atoms with Crippen molar-refractivity contribution in [1.29, 1.82) is 0 Å². The summed E-state index contributed by atoms with van der Waals surface area (Å²) in [5.74, 6) is -2.34. The van der Waals surface area contributed by atoms with Gasteiger partial charge in [0.25, 0.3) is 5.91 Å². The number of carbonyl (C=O) groups is 1. The van der Waals surface area contributed by atoms with Crippen LogP contribution >= 0.6 is 40.2 Å². The van der Waals surface area contributed by atoms with Crippen molar-refractivity contribution < 1.29 is 13.6 Å². The summed E-state index contributed by atoms with van der Waals surface area (Å²) >= 11 is 13.1. The molecule has 0 unspecified atom stereocenters. The fourth-order valence-corrected chi connectivity index (χ4v) is 2.40. The maximum Gasteiger partial charge on any atom is 0.256 e. The van der Waals surface area contributed by atoms with Crippen molar-refractivity contribution in [3.8, 4) is 0 Å². The van der Waals surface area contributed by atoms with Gasteiger partial charge in [-0.15, -0.1) is 12.6 Å². The van der Waals surface area contributed by atoms with Crippen molar-refractivity contribution in [3.05, 3.63) is 57.0 Å². The van der Waals surface area contributed by atoms with E-state index in [-0.39, 0.29) is 16.3 Å². The number of nitrogens with one attached hydrogen (secondary N) is 1. The Morgan fingerprint density at radius 1 is 1.25 bits per heavy atom. The lowest BCUT2D eigenvalue weighted by atomic mass is 10.2. The first-order chi connectivity index (χ1) is 9.38. The Hall–Kier alpha value is -1.11. The Morgan fingerprint density at radius 3 is 2.60 bits per heavy atom. The third-order valence-corrected chi connectivity index (χ3v) is 3.71. The molecular formula is C13H7BrClF2NOS. The molecular weight excluding hydrogens is 372 g/mol. The van der Waals surface area contributed by atoms with Gasteiger partial charge in [-0.25, -0.2) is 8.78 Å². The normalized spacial score (nSPS) is 10.4. The van der Waals surface area contributed by atoms with Crippen molar-refractivity contribution in [1.82, 2.24) is 0 Å². The Kier molecular flexibility index (Phi) is 4.67. The number of carbonyl (C=O) groups excluding carboxylic acids is 1. The third-order valence-electron chi connectivity index (χ3n) is 2.44. The molecule has 0 saturated carbocycles. The highest BCUT2D eigenvalue weighted by Gasteiger charge is 2.16. The monoisotopic (exact) mass is 377 g/mol. The molecule has 0 aliphatic carbocycles. The van der Waals surface area contributed by atoms with Crippen LogP contribution in [0.25, 0.3) is 0 Å². The predicted octanol–water partition coefficient (Wildman–Crippen LogP) is 4.92. The van der Waals surface area contributed by atoms with Crippen LogP contribution in [0, 0.1) is 11.6 Å². The lowest BCUT2D eigenvalue weighted by molar-refractivity contribution is 0.102. The number of hydrogen-bond acceptors (Lipinski definition) is 2. The van der Waals surface area contributed by atoms with Crippen LogP contribution < -0.4 is 5.32 Å². The van der Waals surface area contributed by atoms with Gasteiger partial charge in [0.05, 0.1) is 16.3 Å². The Morgan fingerprint density at radius 2 is 1.95 bits per heavy atom. The summed E-state index contributed by atoms with van der Waals surface area (Å²) in [7, 11) is 0. The fraction of sp³-hybridized carbons (Fsp3) is 0. The number of rotatable bonds is 2.